The van der Waals surface area contributed by atoms with E-state index in [0.717, 1.165) is 12.1 Å². The molecule has 0 spiro atoms. The summed E-state index contributed by atoms with van der Waals surface area (Å²) in [6.07, 6.45) is 0. The topological polar surface area (TPSA) is 130 Å². The molecule has 0 saturated heterocycles. The minimum Gasteiger partial charge on any atom is -0.313 e. The van der Waals surface area contributed by atoms with E-state index in [1.165, 1.54) is 12.1 Å². The number of hydrogen-bond acceptors (Lipinski definition) is 7. The van der Waals surface area contributed by atoms with Crippen LogP contribution in [0, 0.1) is 20.2 Å². The van der Waals surface area contributed by atoms with Gasteiger partial charge in [0.15, 0.2) is 9.84 Å². The van der Waals surface area contributed by atoms with E-state index in [9.17, 15) is 28.6 Å². The summed E-state index contributed by atoms with van der Waals surface area (Å²) in [5.74, 6) is -0.630. The largest absolute Gasteiger partial charge is 0.313 e. The first kappa shape index (κ1) is 13.8. The Kier molecular flexibility index (Phi) is 4.15. The molecule has 0 bridgehead atoms. The van der Waals surface area contributed by atoms with Crippen molar-refractivity contribution in [1.82, 2.24) is 0 Å². The lowest BCUT2D eigenvalue weighted by Crippen LogP contribution is -2.15. The van der Waals surface area contributed by atoms with Crippen molar-refractivity contribution >= 4 is 15.5 Å². The molecule has 0 N–H and O–H groups in total. The molecule has 0 saturated carbocycles. The summed E-state index contributed by atoms with van der Waals surface area (Å²) in [5.41, 5.74) is -0.369. The zero-order valence-corrected chi connectivity index (χ0v) is 9.70. The summed E-state index contributed by atoms with van der Waals surface area (Å²) in [7, 11) is -3.85. The van der Waals surface area contributed by atoms with Gasteiger partial charge in [-0.2, -0.15) is 0 Å². The Bertz CT molecular complexity index is 569. The van der Waals surface area contributed by atoms with Gasteiger partial charge >= 0.3 is 0 Å². The van der Waals surface area contributed by atoms with E-state index in [4.69, 9.17) is 0 Å². The molecule has 0 aliphatic carbocycles. The lowest BCUT2D eigenvalue weighted by molar-refractivity contribution is -0.756. The molecular weight excluding hydrogens is 268 g/mol. The molecule has 10 heteroatoms. The summed E-state index contributed by atoms with van der Waals surface area (Å²) in [6.45, 7) is -0.627. The van der Waals surface area contributed by atoms with E-state index >= 15 is 0 Å². The second-order valence-corrected chi connectivity index (χ2v) is 5.24. The van der Waals surface area contributed by atoms with Crippen LogP contribution in [0.3, 0.4) is 0 Å². The highest BCUT2D eigenvalue weighted by Crippen LogP contribution is 2.18. The first-order valence-electron chi connectivity index (χ1n) is 4.57. The first-order chi connectivity index (χ1) is 8.33. The molecule has 0 heterocycles. The fourth-order valence-electron chi connectivity index (χ4n) is 1.13. The molecule has 9 nitrogen and oxygen atoms in total. The molecule has 1 aromatic carbocycles. The number of hydrogen-bond donors (Lipinski definition) is 0. The van der Waals surface area contributed by atoms with Crippen molar-refractivity contribution in [2.24, 2.45) is 0 Å². The predicted molar refractivity (Wildman–Crippen MR) is 58.1 cm³/mol. The zero-order chi connectivity index (χ0) is 13.8. The molecule has 1 rings (SSSR count). The van der Waals surface area contributed by atoms with E-state index in [0.29, 0.717) is 0 Å². The molecule has 18 heavy (non-hydrogen) atoms. The van der Waals surface area contributed by atoms with E-state index in [-0.39, 0.29) is 10.6 Å². The Balaban J connectivity index is 2.88. The van der Waals surface area contributed by atoms with Gasteiger partial charge in [-0.05, 0) is 6.07 Å². The van der Waals surface area contributed by atoms with E-state index in [1.807, 2.05) is 0 Å². The van der Waals surface area contributed by atoms with Crippen LogP contribution in [0.2, 0.25) is 0 Å². The number of nitrogens with zero attached hydrogens (tertiary/aromatic N) is 2. The second-order valence-electron chi connectivity index (χ2n) is 3.13. The summed E-state index contributed by atoms with van der Waals surface area (Å²) in [6, 6.07) is 4.43. The molecule has 0 fully saturated rings. The third-order valence-corrected chi connectivity index (χ3v) is 3.61. The zero-order valence-electron chi connectivity index (χ0n) is 8.88. The van der Waals surface area contributed by atoms with Gasteiger partial charge in [0.1, 0.15) is 6.61 Å². The number of nitro benzene ring substituents is 1. The Morgan fingerprint density at radius 2 is 1.89 bits per heavy atom. The van der Waals surface area contributed by atoms with Gasteiger partial charge in [-0.1, -0.05) is 6.07 Å². The Morgan fingerprint density at radius 3 is 2.44 bits per heavy atom. The molecule has 0 aliphatic rings. The van der Waals surface area contributed by atoms with Gasteiger partial charge in [-0.15, -0.1) is 10.1 Å². The van der Waals surface area contributed by atoms with Crippen LogP contribution in [0.5, 0.6) is 0 Å². The molecule has 0 aliphatic heterocycles. The van der Waals surface area contributed by atoms with E-state index in [1.54, 1.807) is 0 Å². The van der Waals surface area contributed by atoms with Crippen LogP contribution in [0.4, 0.5) is 5.69 Å². The van der Waals surface area contributed by atoms with Crippen LogP contribution < -0.4 is 0 Å². The number of rotatable bonds is 6. The fraction of sp³-hybridized carbons (Fsp3) is 0.250. The smallest absolute Gasteiger partial charge is 0.294 e. The molecule has 0 aromatic heterocycles. The average molecular weight is 276 g/mol. The van der Waals surface area contributed by atoms with E-state index < -0.39 is 32.2 Å². The Hall–Kier alpha value is -2.23. The van der Waals surface area contributed by atoms with Crippen LogP contribution in [-0.4, -0.2) is 30.8 Å². The standard InChI is InChI=1S/C8H8N2O7S/c11-9(12)7-2-1-3-8(6-7)18(15,16)5-4-17-10(13)14/h1-3,6H,4-5H2. The summed E-state index contributed by atoms with van der Waals surface area (Å²) >= 11 is 0. The van der Waals surface area contributed by atoms with Crippen LogP contribution in [0.25, 0.3) is 0 Å². The highest BCUT2D eigenvalue weighted by molar-refractivity contribution is 7.91. The monoisotopic (exact) mass is 276 g/mol. The maximum atomic E-state index is 11.7. The normalized spacial score (nSPS) is 10.9. The van der Waals surface area contributed by atoms with Crippen LogP contribution in [-0.2, 0) is 14.7 Å². The molecule has 0 radical (unpaired) electrons. The van der Waals surface area contributed by atoms with Crippen molar-refractivity contribution in [3.8, 4) is 0 Å². The molecule has 0 unspecified atom stereocenters. The van der Waals surface area contributed by atoms with Crippen molar-refractivity contribution in [1.29, 1.82) is 0 Å². The number of non-ortho nitro benzene ring substituents is 1. The number of benzene rings is 1. The summed E-state index contributed by atoms with van der Waals surface area (Å²) < 4.78 is 23.3. The summed E-state index contributed by atoms with van der Waals surface area (Å²) in [5, 5.41) is 19.2. The average Bonchev–Trinajstić information content (AvgIpc) is 2.28. The van der Waals surface area contributed by atoms with Gasteiger partial charge < -0.3 is 4.84 Å². The predicted octanol–water partition coefficient (Wildman–Crippen LogP) is 0.577. The second kappa shape index (κ2) is 5.40. The number of nitro groups is 1. The highest BCUT2D eigenvalue weighted by atomic mass is 32.2. The van der Waals surface area contributed by atoms with Crippen molar-refractivity contribution in [2.45, 2.75) is 4.90 Å². The van der Waals surface area contributed by atoms with Gasteiger partial charge in [0, 0.05) is 12.1 Å². The van der Waals surface area contributed by atoms with Crippen molar-refractivity contribution in [3.05, 3.63) is 44.5 Å². The molecular formula is C8H8N2O7S. The highest BCUT2D eigenvalue weighted by Gasteiger charge is 2.18. The minimum absolute atomic E-state index is 0.274. The lowest BCUT2D eigenvalue weighted by Gasteiger charge is -2.03. The molecule has 0 amide bonds. The summed E-state index contributed by atoms with van der Waals surface area (Å²) in [4.78, 5) is 23.2. The SMILES string of the molecule is O=[N+]([O-])OCCS(=O)(=O)c1cccc([N+](=O)[O-])c1. The fourth-order valence-corrected chi connectivity index (χ4v) is 2.25. The van der Waals surface area contributed by atoms with Gasteiger partial charge in [0.25, 0.3) is 10.8 Å². The third kappa shape index (κ3) is 3.66. The maximum absolute atomic E-state index is 11.7. The van der Waals surface area contributed by atoms with Gasteiger partial charge in [-0.25, -0.2) is 8.42 Å². The Morgan fingerprint density at radius 1 is 1.22 bits per heavy atom. The molecule has 98 valence electrons. The Labute approximate surface area is 101 Å². The van der Waals surface area contributed by atoms with E-state index in [2.05, 4.69) is 4.84 Å². The minimum atomic E-state index is -3.85. The molecule has 1 aromatic rings. The van der Waals surface area contributed by atoms with Crippen molar-refractivity contribution in [3.63, 3.8) is 0 Å². The van der Waals surface area contributed by atoms with Gasteiger partial charge in [0.05, 0.1) is 15.6 Å². The third-order valence-electron chi connectivity index (χ3n) is 1.94. The lowest BCUT2D eigenvalue weighted by atomic mass is 10.3. The van der Waals surface area contributed by atoms with Gasteiger partial charge in [0.2, 0.25) is 0 Å². The van der Waals surface area contributed by atoms with Crippen LogP contribution in [0.15, 0.2) is 29.2 Å². The molecule has 0 atom stereocenters. The van der Waals surface area contributed by atoms with Crippen molar-refractivity contribution < 1.29 is 23.3 Å². The maximum Gasteiger partial charge on any atom is 0.294 e. The van der Waals surface area contributed by atoms with Crippen LogP contribution in [0.1, 0.15) is 0 Å². The van der Waals surface area contributed by atoms with Crippen molar-refractivity contribution in [2.75, 3.05) is 12.4 Å². The quantitative estimate of drug-likeness (QED) is 0.548. The number of sulfone groups is 1. The van der Waals surface area contributed by atoms with Crippen LogP contribution >= 0.6 is 0 Å². The first-order valence-corrected chi connectivity index (χ1v) is 6.22. The van der Waals surface area contributed by atoms with Gasteiger partial charge in [-0.3, -0.25) is 10.1 Å².